The zero-order valence-corrected chi connectivity index (χ0v) is 16.2. The third-order valence-electron chi connectivity index (χ3n) is 4.10. The van der Waals surface area contributed by atoms with Crippen LogP contribution in [0.25, 0.3) is 11.3 Å². The lowest BCUT2D eigenvalue weighted by Gasteiger charge is -2.25. The molecule has 0 aliphatic carbocycles. The second kappa shape index (κ2) is 7.80. The number of carbonyl (C=O) groups is 1. The van der Waals surface area contributed by atoms with Crippen LogP contribution in [0.1, 0.15) is 19.4 Å². The second-order valence-electron chi connectivity index (χ2n) is 6.67. The molecule has 0 unspecified atom stereocenters. The van der Waals surface area contributed by atoms with Crippen molar-refractivity contribution >= 4 is 17.5 Å². The first-order valence-corrected chi connectivity index (χ1v) is 8.88. The molecular weight excluding hydrogens is 364 g/mol. The van der Waals surface area contributed by atoms with Crippen LogP contribution in [0.15, 0.2) is 55.0 Å². The molecule has 0 saturated heterocycles. The van der Waals surface area contributed by atoms with E-state index in [1.165, 1.54) is 0 Å². The molecule has 140 valence electrons. The van der Waals surface area contributed by atoms with E-state index in [1.807, 2.05) is 19.2 Å². The number of benzene rings is 1. The molecule has 7 heteroatoms. The fourth-order valence-electron chi connectivity index (χ4n) is 2.62. The molecule has 27 heavy (non-hydrogen) atoms. The lowest BCUT2D eigenvalue weighted by molar-refractivity contribution is -0.134. The summed E-state index contributed by atoms with van der Waals surface area (Å²) >= 11 is 5.88. The quantitative estimate of drug-likeness (QED) is 0.704. The van der Waals surface area contributed by atoms with E-state index in [9.17, 15) is 4.79 Å². The highest BCUT2D eigenvalue weighted by Crippen LogP contribution is 2.21. The van der Waals surface area contributed by atoms with Crippen molar-refractivity contribution in [3.05, 3.63) is 65.6 Å². The third kappa shape index (κ3) is 4.65. The average molecular weight is 385 g/mol. The van der Waals surface area contributed by atoms with Crippen LogP contribution in [0.3, 0.4) is 0 Å². The number of ether oxygens (including phenoxy) is 1. The summed E-state index contributed by atoms with van der Waals surface area (Å²) in [5.74, 6) is 0.364. The largest absolute Gasteiger partial charge is 0.478 e. The summed E-state index contributed by atoms with van der Waals surface area (Å²) in [6, 6.07) is 10.8. The Morgan fingerprint density at radius 2 is 1.96 bits per heavy atom. The lowest BCUT2D eigenvalue weighted by atomic mass is 10.1. The highest BCUT2D eigenvalue weighted by Gasteiger charge is 2.29. The molecular formula is C20H21ClN4O2. The number of rotatable bonds is 6. The van der Waals surface area contributed by atoms with Gasteiger partial charge in [-0.3, -0.25) is 14.5 Å². The molecule has 6 nitrogen and oxygen atoms in total. The number of pyridine rings is 1. The molecule has 0 spiro atoms. The Morgan fingerprint density at radius 1 is 1.22 bits per heavy atom. The second-order valence-corrected chi connectivity index (χ2v) is 7.11. The number of halogens is 1. The lowest BCUT2D eigenvalue weighted by Crippen LogP contribution is -2.46. The summed E-state index contributed by atoms with van der Waals surface area (Å²) < 4.78 is 7.59. The van der Waals surface area contributed by atoms with Gasteiger partial charge in [-0.1, -0.05) is 11.6 Å². The first kappa shape index (κ1) is 18.9. The van der Waals surface area contributed by atoms with E-state index in [0.717, 1.165) is 16.8 Å². The van der Waals surface area contributed by atoms with Gasteiger partial charge >= 0.3 is 0 Å². The van der Waals surface area contributed by atoms with Gasteiger partial charge in [0.2, 0.25) is 0 Å². The van der Waals surface area contributed by atoms with Gasteiger partial charge in [0.1, 0.15) is 5.75 Å². The maximum Gasteiger partial charge on any atom is 0.263 e. The fourth-order valence-corrected chi connectivity index (χ4v) is 2.75. The normalized spacial score (nSPS) is 11.3. The highest BCUT2D eigenvalue weighted by atomic mass is 35.5. The first-order chi connectivity index (χ1) is 12.8. The molecule has 0 atom stereocenters. The third-order valence-corrected chi connectivity index (χ3v) is 4.35. The zero-order chi connectivity index (χ0) is 19.4. The monoisotopic (exact) mass is 384 g/mol. The smallest absolute Gasteiger partial charge is 0.263 e. The Kier molecular flexibility index (Phi) is 5.46. The molecule has 0 fully saturated rings. The van der Waals surface area contributed by atoms with Gasteiger partial charge in [-0.05, 0) is 55.8 Å². The minimum atomic E-state index is -1.03. The molecule has 2 heterocycles. The maximum absolute atomic E-state index is 12.6. The van der Waals surface area contributed by atoms with E-state index < -0.39 is 5.60 Å². The van der Waals surface area contributed by atoms with E-state index in [4.69, 9.17) is 16.3 Å². The first-order valence-electron chi connectivity index (χ1n) is 8.50. The van der Waals surface area contributed by atoms with Crippen LogP contribution in [0.5, 0.6) is 5.75 Å². The summed E-state index contributed by atoms with van der Waals surface area (Å²) in [5.41, 5.74) is 1.77. The van der Waals surface area contributed by atoms with Gasteiger partial charge in [0.15, 0.2) is 5.60 Å². The van der Waals surface area contributed by atoms with Crippen LogP contribution in [0.2, 0.25) is 5.02 Å². The standard InChI is InChI=1S/C20H21ClN4O2/c1-20(2,27-17-6-4-16(21)5-7-17)19(26)23-12-14-10-15(13-22-11-14)18-8-9-24-25(18)3/h4-11,13H,12H2,1-3H3,(H,23,26). The van der Waals surface area contributed by atoms with Crippen molar-refractivity contribution in [1.29, 1.82) is 0 Å². The molecule has 1 N–H and O–H groups in total. The van der Waals surface area contributed by atoms with Crippen molar-refractivity contribution in [1.82, 2.24) is 20.1 Å². The van der Waals surface area contributed by atoms with Crippen LogP contribution < -0.4 is 10.1 Å². The Morgan fingerprint density at radius 3 is 2.63 bits per heavy atom. The van der Waals surface area contributed by atoms with Crippen molar-refractivity contribution in [2.75, 3.05) is 0 Å². The van der Waals surface area contributed by atoms with E-state index in [0.29, 0.717) is 17.3 Å². The topological polar surface area (TPSA) is 69.0 Å². The SMILES string of the molecule is Cn1nccc1-c1cncc(CNC(=O)C(C)(C)Oc2ccc(Cl)cc2)c1. The number of hydrogen-bond donors (Lipinski definition) is 1. The number of nitrogens with one attached hydrogen (secondary N) is 1. The summed E-state index contributed by atoms with van der Waals surface area (Å²) in [5, 5.41) is 7.69. The minimum Gasteiger partial charge on any atom is -0.478 e. The van der Waals surface area contributed by atoms with Crippen molar-refractivity contribution in [2.45, 2.75) is 26.0 Å². The molecule has 3 rings (SSSR count). The van der Waals surface area contributed by atoms with Gasteiger partial charge in [-0.2, -0.15) is 5.10 Å². The van der Waals surface area contributed by atoms with Gasteiger partial charge in [0.25, 0.3) is 5.91 Å². The van der Waals surface area contributed by atoms with Crippen molar-refractivity contribution in [2.24, 2.45) is 7.05 Å². The Balaban J connectivity index is 1.64. The fraction of sp³-hybridized carbons (Fsp3) is 0.250. The number of amides is 1. The molecule has 3 aromatic rings. The van der Waals surface area contributed by atoms with Gasteiger partial charge in [-0.25, -0.2) is 0 Å². The molecule has 0 aliphatic rings. The van der Waals surface area contributed by atoms with Crippen molar-refractivity contribution in [3.63, 3.8) is 0 Å². The summed E-state index contributed by atoms with van der Waals surface area (Å²) in [6.45, 7) is 3.80. The number of aryl methyl sites for hydroxylation is 1. The average Bonchev–Trinajstić information content (AvgIpc) is 3.07. The molecule has 1 amide bonds. The number of nitrogens with zero attached hydrogens (tertiary/aromatic N) is 3. The predicted octanol–water partition coefficient (Wildman–Crippen LogP) is 3.61. The predicted molar refractivity (Wildman–Crippen MR) is 104 cm³/mol. The van der Waals surface area contributed by atoms with Crippen molar-refractivity contribution < 1.29 is 9.53 Å². The van der Waals surface area contributed by atoms with E-state index in [-0.39, 0.29) is 5.91 Å². The molecule has 1 aromatic carbocycles. The van der Waals surface area contributed by atoms with E-state index in [1.54, 1.807) is 61.4 Å². The van der Waals surface area contributed by atoms with Gasteiger partial charge in [0.05, 0.1) is 5.69 Å². The molecule has 0 bridgehead atoms. The van der Waals surface area contributed by atoms with Crippen LogP contribution in [0, 0.1) is 0 Å². The molecule has 2 aromatic heterocycles. The Labute approximate surface area is 163 Å². The van der Waals surface area contributed by atoms with Crippen LogP contribution in [-0.4, -0.2) is 26.3 Å². The summed E-state index contributed by atoms with van der Waals surface area (Å²) in [7, 11) is 1.88. The molecule has 0 saturated carbocycles. The van der Waals surface area contributed by atoms with E-state index in [2.05, 4.69) is 15.4 Å². The zero-order valence-electron chi connectivity index (χ0n) is 15.4. The van der Waals surface area contributed by atoms with Gasteiger partial charge in [0, 0.05) is 42.8 Å². The van der Waals surface area contributed by atoms with Crippen LogP contribution in [-0.2, 0) is 18.4 Å². The molecule has 0 radical (unpaired) electrons. The highest BCUT2D eigenvalue weighted by molar-refractivity contribution is 6.30. The maximum atomic E-state index is 12.6. The van der Waals surface area contributed by atoms with Gasteiger partial charge < -0.3 is 10.1 Å². The number of hydrogen-bond acceptors (Lipinski definition) is 4. The van der Waals surface area contributed by atoms with Gasteiger partial charge in [-0.15, -0.1) is 0 Å². The van der Waals surface area contributed by atoms with Crippen LogP contribution >= 0.6 is 11.6 Å². The summed E-state index contributed by atoms with van der Waals surface area (Å²) in [6.07, 6.45) is 5.24. The minimum absolute atomic E-state index is 0.219. The number of carbonyl (C=O) groups excluding carboxylic acids is 1. The van der Waals surface area contributed by atoms with E-state index >= 15 is 0 Å². The van der Waals surface area contributed by atoms with Crippen LogP contribution in [0.4, 0.5) is 0 Å². The number of aromatic nitrogens is 3. The Hall–Kier alpha value is -2.86. The van der Waals surface area contributed by atoms with Crippen molar-refractivity contribution in [3.8, 4) is 17.0 Å². The molecule has 0 aliphatic heterocycles. The summed E-state index contributed by atoms with van der Waals surface area (Å²) in [4.78, 5) is 16.8. The Bertz CT molecular complexity index is 935.